The maximum Gasteiger partial charge on any atom is 0.762 e. The molecule has 128 valence electrons. The van der Waals surface area contributed by atoms with E-state index < -0.39 is 13.6 Å². The Morgan fingerprint density at radius 2 is 1.71 bits per heavy atom. The summed E-state index contributed by atoms with van der Waals surface area (Å²) in [7, 11) is -0.653. The number of methoxy groups -OCH3 is 1. The second-order valence-corrected chi connectivity index (χ2v) is 3.54. The SMILES string of the molecule is CCOCC.CNC(COCCCl)C(=O)OC.FB(F)F. The molecule has 10 heteroatoms. The second-order valence-electron chi connectivity index (χ2n) is 3.16. The van der Waals surface area contributed by atoms with Crippen LogP contribution in [0.1, 0.15) is 13.8 Å². The van der Waals surface area contributed by atoms with Crippen molar-refractivity contribution in [3.8, 4) is 0 Å². The minimum absolute atomic E-state index is 0.288. The number of hydrogen-bond acceptors (Lipinski definition) is 5. The van der Waals surface area contributed by atoms with Crippen LogP contribution in [0.25, 0.3) is 0 Å². The summed E-state index contributed by atoms with van der Waals surface area (Å²) >= 11 is 5.38. The zero-order valence-corrected chi connectivity index (χ0v) is 13.6. The van der Waals surface area contributed by atoms with Gasteiger partial charge in [0.2, 0.25) is 0 Å². The predicted molar refractivity (Wildman–Crippen MR) is 77.6 cm³/mol. The predicted octanol–water partition coefficient (Wildman–Crippen LogP) is 1.93. The Bertz CT molecular complexity index is 215. The Labute approximate surface area is 129 Å². The van der Waals surface area contributed by atoms with Gasteiger partial charge in [-0.25, -0.2) is 0 Å². The van der Waals surface area contributed by atoms with Crippen LogP contribution in [0.3, 0.4) is 0 Å². The van der Waals surface area contributed by atoms with Gasteiger partial charge in [0.15, 0.2) is 0 Å². The van der Waals surface area contributed by atoms with Crippen molar-refractivity contribution in [3.05, 3.63) is 0 Å². The Balaban J connectivity index is -0.000000297. The van der Waals surface area contributed by atoms with Crippen LogP contribution in [-0.2, 0) is 19.0 Å². The van der Waals surface area contributed by atoms with Gasteiger partial charge in [-0.1, -0.05) is 0 Å². The number of likely N-dealkylation sites (N-methyl/N-ethyl adjacent to an activating group) is 1. The van der Waals surface area contributed by atoms with E-state index in [1.54, 1.807) is 7.05 Å². The molecule has 1 atom stereocenters. The summed E-state index contributed by atoms with van der Waals surface area (Å²) in [5, 5.41) is 2.77. The van der Waals surface area contributed by atoms with Crippen molar-refractivity contribution >= 4 is 25.1 Å². The molecule has 0 saturated heterocycles. The molecule has 0 fully saturated rings. The largest absolute Gasteiger partial charge is 0.762 e. The smallest absolute Gasteiger partial charge is 0.468 e. The van der Waals surface area contributed by atoms with Gasteiger partial charge in [-0.05, 0) is 20.9 Å². The molecule has 1 N–H and O–H groups in total. The van der Waals surface area contributed by atoms with Crippen molar-refractivity contribution in [2.75, 3.05) is 46.5 Å². The summed E-state index contributed by atoms with van der Waals surface area (Å²) in [5.41, 5.74) is 0. The number of rotatable bonds is 8. The van der Waals surface area contributed by atoms with Gasteiger partial charge in [-0.3, -0.25) is 17.7 Å². The molecular weight excluding hydrogens is 313 g/mol. The van der Waals surface area contributed by atoms with E-state index in [0.717, 1.165) is 13.2 Å². The van der Waals surface area contributed by atoms with Gasteiger partial charge in [0.1, 0.15) is 6.04 Å². The van der Waals surface area contributed by atoms with Crippen LogP contribution in [0.15, 0.2) is 0 Å². The molecule has 1 unspecified atom stereocenters. The van der Waals surface area contributed by atoms with Crippen molar-refractivity contribution in [3.63, 3.8) is 0 Å². The molecule has 0 radical (unpaired) electrons. The van der Waals surface area contributed by atoms with E-state index in [9.17, 15) is 17.7 Å². The normalized spacial score (nSPS) is 10.5. The van der Waals surface area contributed by atoms with Crippen LogP contribution >= 0.6 is 11.6 Å². The lowest BCUT2D eigenvalue weighted by Gasteiger charge is -2.12. The average molecular weight is 338 g/mol. The molecule has 0 aliphatic rings. The van der Waals surface area contributed by atoms with E-state index in [0.29, 0.717) is 12.5 Å². The van der Waals surface area contributed by atoms with E-state index in [-0.39, 0.29) is 12.6 Å². The fourth-order valence-corrected chi connectivity index (χ4v) is 0.980. The number of esters is 1. The third-order valence-electron chi connectivity index (χ3n) is 1.75. The molecule has 0 spiro atoms. The molecule has 0 rings (SSSR count). The Morgan fingerprint density at radius 1 is 1.24 bits per heavy atom. The third kappa shape index (κ3) is 28.4. The number of ether oxygens (including phenoxy) is 3. The standard InChI is InChI=1S/C7H14ClNO3.C4H10O.BF3/c1-9-6(7(10)11-2)5-12-4-3-8;1-3-5-4-2;2-1(3)4/h6,9H,3-5H2,1-2H3;3-4H2,1-2H3;. The third-order valence-corrected chi connectivity index (χ3v) is 1.90. The molecular formula is C11H24BClF3NO4. The summed E-state index contributed by atoms with van der Waals surface area (Å²) in [6.07, 6.45) is 0. The number of carbonyl (C=O) groups is 1. The number of alkyl halides is 1. The highest BCUT2D eigenvalue weighted by atomic mass is 35.5. The minimum atomic E-state index is -3.67. The first-order chi connectivity index (χ1) is 9.90. The quantitative estimate of drug-likeness (QED) is 0.317. The zero-order valence-electron chi connectivity index (χ0n) is 12.8. The molecule has 0 aliphatic carbocycles. The van der Waals surface area contributed by atoms with Gasteiger partial charge in [0, 0.05) is 19.1 Å². The van der Waals surface area contributed by atoms with Gasteiger partial charge in [0.25, 0.3) is 0 Å². The number of hydrogen-bond donors (Lipinski definition) is 1. The minimum Gasteiger partial charge on any atom is -0.468 e. The van der Waals surface area contributed by atoms with Gasteiger partial charge >= 0.3 is 13.5 Å². The summed E-state index contributed by atoms with van der Waals surface area (Å²) < 4.78 is 43.4. The molecule has 0 aromatic heterocycles. The summed E-state index contributed by atoms with van der Waals surface area (Å²) in [6, 6.07) is -0.404. The number of halogens is 4. The second kappa shape index (κ2) is 21.8. The van der Waals surface area contributed by atoms with E-state index >= 15 is 0 Å². The Morgan fingerprint density at radius 3 is 1.95 bits per heavy atom. The van der Waals surface area contributed by atoms with Crippen LogP contribution < -0.4 is 5.32 Å². The molecule has 0 aromatic rings. The number of carbonyl (C=O) groups excluding carboxylic acids is 1. The van der Waals surface area contributed by atoms with Crippen LogP contribution in [0, 0.1) is 0 Å². The molecule has 21 heavy (non-hydrogen) atoms. The van der Waals surface area contributed by atoms with E-state index in [1.165, 1.54) is 7.11 Å². The van der Waals surface area contributed by atoms with Crippen LogP contribution in [0.2, 0.25) is 0 Å². The topological polar surface area (TPSA) is 56.8 Å². The lowest BCUT2D eigenvalue weighted by atomic mass is 10.3. The van der Waals surface area contributed by atoms with Crippen molar-refractivity contribution in [1.82, 2.24) is 5.32 Å². The maximum absolute atomic E-state index is 10.9. The summed E-state index contributed by atoms with van der Waals surface area (Å²) in [4.78, 5) is 10.9. The molecule has 0 bridgehead atoms. The monoisotopic (exact) mass is 337 g/mol. The van der Waals surface area contributed by atoms with Crippen molar-refractivity contribution in [2.24, 2.45) is 0 Å². The van der Waals surface area contributed by atoms with Crippen LogP contribution in [0.4, 0.5) is 12.9 Å². The molecule has 0 heterocycles. The van der Waals surface area contributed by atoms with E-state index in [2.05, 4.69) is 10.1 Å². The Hall–Kier alpha value is -0.505. The molecule has 0 aliphatic heterocycles. The fourth-order valence-electron chi connectivity index (χ4n) is 0.871. The van der Waals surface area contributed by atoms with Crippen LogP contribution in [-0.4, -0.2) is 66.0 Å². The van der Waals surface area contributed by atoms with E-state index in [4.69, 9.17) is 21.1 Å². The fraction of sp³-hybridized carbons (Fsp3) is 0.909. The highest BCUT2D eigenvalue weighted by Crippen LogP contribution is 1.89. The van der Waals surface area contributed by atoms with Crippen molar-refractivity contribution < 1.29 is 32.0 Å². The highest BCUT2D eigenvalue weighted by molar-refractivity contribution is 6.33. The molecule has 0 saturated carbocycles. The maximum atomic E-state index is 10.9. The van der Waals surface area contributed by atoms with Gasteiger partial charge in [-0.15, -0.1) is 11.6 Å². The molecule has 0 aromatic carbocycles. The number of nitrogens with one attached hydrogen (secondary N) is 1. The van der Waals surface area contributed by atoms with E-state index in [1.807, 2.05) is 13.8 Å². The van der Waals surface area contributed by atoms with Gasteiger partial charge in [0.05, 0.1) is 20.3 Å². The highest BCUT2D eigenvalue weighted by Gasteiger charge is 2.16. The first-order valence-electron chi connectivity index (χ1n) is 6.29. The molecule has 0 amide bonds. The van der Waals surface area contributed by atoms with Gasteiger partial charge in [-0.2, -0.15) is 0 Å². The van der Waals surface area contributed by atoms with Crippen molar-refractivity contribution in [1.29, 1.82) is 0 Å². The summed E-state index contributed by atoms with van der Waals surface area (Å²) in [5.74, 6) is 0.101. The summed E-state index contributed by atoms with van der Waals surface area (Å²) in [6.45, 7) is 6.40. The average Bonchev–Trinajstić information content (AvgIpc) is 2.44. The lowest BCUT2D eigenvalue weighted by molar-refractivity contribution is -0.144. The van der Waals surface area contributed by atoms with Crippen LogP contribution in [0.5, 0.6) is 0 Å². The Kier molecular flexibility index (Phi) is 26.4. The zero-order chi connectivity index (χ0) is 17.1. The van der Waals surface area contributed by atoms with Gasteiger partial charge < -0.3 is 19.5 Å². The first kappa shape index (κ1) is 25.4. The molecule has 5 nitrogen and oxygen atoms in total. The van der Waals surface area contributed by atoms with Crippen molar-refractivity contribution in [2.45, 2.75) is 19.9 Å². The lowest BCUT2D eigenvalue weighted by Crippen LogP contribution is -2.39. The first-order valence-corrected chi connectivity index (χ1v) is 6.83.